The van der Waals surface area contributed by atoms with E-state index in [0.29, 0.717) is 12.1 Å². The minimum atomic E-state index is -0.0596. The molecule has 0 atom stereocenters. The molecule has 0 bridgehead atoms. The lowest BCUT2D eigenvalue weighted by atomic mass is 10.0. The van der Waals surface area contributed by atoms with Crippen molar-refractivity contribution in [3.05, 3.63) is 54.0 Å². The number of carbonyl (C=O) groups excluding carboxylic acids is 1. The Morgan fingerprint density at radius 3 is 2.83 bits per heavy atom. The van der Waals surface area contributed by atoms with Crippen molar-refractivity contribution in [2.75, 3.05) is 24.5 Å². The number of aromatic nitrogens is 3. The highest BCUT2D eigenvalue weighted by Crippen LogP contribution is 2.47. The van der Waals surface area contributed by atoms with Gasteiger partial charge in [0.2, 0.25) is 0 Å². The lowest BCUT2D eigenvalue weighted by Crippen LogP contribution is -2.43. The molecule has 29 heavy (non-hydrogen) atoms. The molecule has 1 aliphatic heterocycles. The fourth-order valence-electron chi connectivity index (χ4n) is 4.47. The molecule has 1 amide bonds. The number of nitrogens with one attached hydrogen (secondary N) is 1. The molecule has 1 saturated carbocycles. The summed E-state index contributed by atoms with van der Waals surface area (Å²) in [7, 11) is 0. The molecule has 1 N–H and O–H groups in total. The number of nitrogens with zero attached hydrogens (tertiary/aromatic N) is 5. The first-order valence-electron chi connectivity index (χ1n) is 10.0. The number of amides is 1. The van der Waals surface area contributed by atoms with Crippen LogP contribution in [-0.4, -0.2) is 50.9 Å². The third kappa shape index (κ3) is 3.01. The molecule has 3 aromatic rings. The second-order valence-corrected chi connectivity index (χ2v) is 7.85. The monoisotopic (exact) mass is 386 g/mol. The van der Waals surface area contributed by atoms with E-state index >= 15 is 0 Å². The van der Waals surface area contributed by atoms with E-state index in [1.165, 1.54) is 0 Å². The van der Waals surface area contributed by atoms with Crippen LogP contribution in [0.3, 0.4) is 0 Å². The minimum Gasteiger partial charge on any atom is -0.354 e. The Balaban J connectivity index is 1.44. The van der Waals surface area contributed by atoms with E-state index in [1.807, 2.05) is 36.5 Å². The zero-order chi connectivity index (χ0) is 19.8. The quantitative estimate of drug-likeness (QED) is 0.748. The van der Waals surface area contributed by atoms with Gasteiger partial charge in [-0.15, -0.1) is 0 Å². The van der Waals surface area contributed by atoms with E-state index in [4.69, 9.17) is 5.26 Å². The molecule has 7 nitrogen and oxygen atoms in total. The molecule has 0 radical (unpaired) electrons. The Kier molecular flexibility index (Phi) is 4.20. The van der Waals surface area contributed by atoms with Gasteiger partial charge in [0.25, 0.3) is 5.91 Å². The van der Waals surface area contributed by atoms with Crippen LogP contribution in [0.2, 0.25) is 0 Å². The summed E-state index contributed by atoms with van der Waals surface area (Å²) in [4.78, 5) is 29.8. The molecule has 3 heterocycles. The number of H-pyrrole nitrogens is 1. The fraction of sp³-hybridized carbons (Fsp3) is 0.364. The van der Waals surface area contributed by atoms with Crippen LogP contribution in [0, 0.1) is 11.3 Å². The highest BCUT2D eigenvalue weighted by atomic mass is 16.2. The van der Waals surface area contributed by atoms with Gasteiger partial charge in [0.05, 0.1) is 17.9 Å². The molecule has 1 aliphatic carbocycles. The maximum atomic E-state index is 13.5. The average molecular weight is 386 g/mol. The van der Waals surface area contributed by atoms with Crippen molar-refractivity contribution in [1.29, 1.82) is 5.26 Å². The first-order valence-corrected chi connectivity index (χ1v) is 10.0. The van der Waals surface area contributed by atoms with E-state index in [0.717, 1.165) is 54.8 Å². The van der Waals surface area contributed by atoms with Gasteiger partial charge in [0.15, 0.2) is 0 Å². The number of fused-ring (bicyclic) bond motifs is 1. The molecule has 2 aromatic heterocycles. The Labute approximate surface area is 169 Å². The molecule has 1 saturated heterocycles. The molecule has 5 rings (SSSR count). The first kappa shape index (κ1) is 17.7. The van der Waals surface area contributed by atoms with Gasteiger partial charge in [-0.05, 0) is 37.0 Å². The fourth-order valence-corrected chi connectivity index (χ4v) is 4.47. The summed E-state index contributed by atoms with van der Waals surface area (Å²) in [5.74, 6) is 0.968. The topological polar surface area (TPSA) is 88.9 Å². The van der Waals surface area contributed by atoms with Crippen LogP contribution in [0.25, 0.3) is 11.0 Å². The van der Waals surface area contributed by atoms with Crippen molar-refractivity contribution < 1.29 is 4.79 Å². The molecular weight excluding hydrogens is 364 g/mol. The van der Waals surface area contributed by atoms with Crippen LogP contribution in [0.5, 0.6) is 0 Å². The Bertz CT molecular complexity index is 1110. The number of benzene rings is 1. The van der Waals surface area contributed by atoms with Crippen molar-refractivity contribution >= 4 is 22.8 Å². The van der Waals surface area contributed by atoms with Crippen molar-refractivity contribution in [3.63, 3.8) is 0 Å². The molecule has 1 spiro atoms. The van der Waals surface area contributed by atoms with Crippen molar-refractivity contribution in [2.24, 2.45) is 0 Å². The van der Waals surface area contributed by atoms with Gasteiger partial charge in [-0.1, -0.05) is 18.2 Å². The molecular formula is C22H22N6O. The highest BCUT2D eigenvalue weighted by molar-refractivity contribution is 5.96. The predicted octanol–water partition coefficient (Wildman–Crippen LogP) is 2.91. The summed E-state index contributed by atoms with van der Waals surface area (Å²) in [6, 6.07) is 11.7. The van der Waals surface area contributed by atoms with Gasteiger partial charge in [-0.2, -0.15) is 5.26 Å². The Morgan fingerprint density at radius 1 is 1.14 bits per heavy atom. The summed E-state index contributed by atoms with van der Waals surface area (Å²) in [6.45, 7) is 2.24. The van der Waals surface area contributed by atoms with Gasteiger partial charge in [0.1, 0.15) is 17.8 Å². The van der Waals surface area contributed by atoms with E-state index in [2.05, 4.69) is 30.8 Å². The molecule has 7 heteroatoms. The third-order valence-electron chi connectivity index (χ3n) is 6.24. The second-order valence-electron chi connectivity index (χ2n) is 7.85. The van der Waals surface area contributed by atoms with E-state index < -0.39 is 0 Å². The zero-order valence-corrected chi connectivity index (χ0v) is 16.1. The normalized spacial score (nSPS) is 17.9. The van der Waals surface area contributed by atoms with Gasteiger partial charge >= 0.3 is 0 Å². The Morgan fingerprint density at radius 2 is 2.00 bits per heavy atom. The number of carbonyl (C=O) groups is 1. The average Bonchev–Trinajstić information content (AvgIpc) is 3.41. The summed E-state index contributed by atoms with van der Waals surface area (Å²) >= 11 is 0. The van der Waals surface area contributed by atoms with E-state index in [1.54, 1.807) is 6.33 Å². The molecule has 2 fully saturated rings. The molecule has 2 aliphatic rings. The van der Waals surface area contributed by atoms with Gasteiger partial charge < -0.3 is 14.8 Å². The summed E-state index contributed by atoms with van der Waals surface area (Å²) in [5.41, 5.74) is 2.24. The van der Waals surface area contributed by atoms with Crippen molar-refractivity contribution in [3.8, 4) is 6.07 Å². The maximum Gasteiger partial charge on any atom is 0.254 e. The first-order chi connectivity index (χ1) is 14.2. The van der Waals surface area contributed by atoms with Gasteiger partial charge in [-0.3, -0.25) is 4.79 Å². The smallest absolute Gasteiger partial charge is 0.254 e. The lowest BCUT2D eigenvalue weighted by Gasteiger charge is -2.30. The third-order valence-corrected chi connectivity index (χ3v) is 6.24. The predicted molar refractivity (Wildman–Crippen MR) is 109 cm³/mol. The molecule has 0 unspecified atom stereocenters. The number of nitriles is 1. The highest BCUT2D eigenvalue weighted by Gasteiger charge is 2.51. The second kappa shape index (κ2) is 6.89. The maximum absolute atomic E-state index is 13.5. The van der Waals surface area contributed by atoms with Crippen LogP contribution in [0.15, 0.2) is 42.9 Å². The van der Waals surface area contributed by atoms with Crippen LogP contribution < -0.4 is 4.90 Å². The van der Waals surface area contributed by atoms with Crippen LogP contribution >= 0.6 is 0 Å². The number of anilines is 1. The summed E-state index contributed by atoms with van der Waals surface area (Å²) in [5, 5.41) is 10.1. The summed E-state index contributed by atoms with van der Waals surface area (Å²) < 4.78 is 0. The number of aromatic amines is 1. The van der Waals surface area contributed by atoms with Gasteiger partial charge in [0, 0.05) is 36.9 Å². The Hall–Kier alpha value is -3.40. The SMILES string of the molecule is N#CCc1ccccc1C(=O)N1CCN(c2ncnc3[nH]ccc23)CCC12CC2. The molecule has 146 valence electrons. The van der Waals surface area contributed by atoms with Crippen LogP contribution in [0.1, 0.15) is 35.2 Å². The van der Waals surface area contributed by atoms with E-state index in [-0.39, 0.29) is 17.9 Å². The van der Waals surface area contributed by atoms with Crippen molar-refractivity contribution in [1.82, 2.24) is 19.9 Å². The standard InChI is InChI=1S/C22H22N6O/c23-10-5-16-3-1-2-4-17(16)21(29)28-14-13-27(12-9-22(28)7-8-22)20-18-6-11-24-19(18)25-15-26-20/h1-4,6,11,15H,5,7-9,12-14H2,(H,24,25,26). The number of hydrogen-bond acceptors (Lipinski definition) is 5. The largest absolute Gasteiger partial charge is 0.354 e. The van der Waals surface area contributed by atoms with E-state index in [9.17, 15) is 4.79 Å². The minimum absolute atomic E-state index is 0.0460. The van der Waals surface area contributed by atoms with Crippen LogP contribution in [0.4, 0.5) is 5.82 Å². The molecule has 1 aromatic carbocycles. The number of hydrogen-bond donors (Lipinski definition) is 1. The zero-order valence-electron chi connectivity index (χ0n) is 16.1. The lowest BCUT2D eigenvalue weighted by molar-refractivity contribution is 0.0662. The van der Waals surface area contributed by atoms with Crippen molar-refractivity contribution in [2.45, 2.75) is 31.2 Å². The number of rotatable bonds is 3. The summed E-state index contributed by atoms with van der Waals surface area (Å²) in [6.07, 6.45) is 6.72. The van der Waals surface area contributed by atoms with Gasteiger partial charge in [-0.25, -0.2) is 9.97 Å². The van der Waals surface area contributed by atoms with Crippen LogP contribution in [-0.2, 0) is 6.42 Å².